The van der Waals surface area contributed by atoms with Crippen LogP contribution in [0.25, 0.3) is 0 Å². The molecule has 106 valence electrons. The summed E-state index contributed by atoms with van der Waals surface area (Å²) in [4.78, 5) is 3.35. The van der Waals surface area contributed by atoms with Gasteiger partial charge in [0.05, 0.1) is 11.1 Å². The van der Waals surface area contributed by atoms with Gasteiger partial charge >= 0.3 is 0 Å². The van der Waals surface area contributed by atoms with Gasteiger partial charge < -0.3 is 0 Å². The minimum absolute atomic E-state index is 0.252. The third kappa shape index (κ3) is 3.68. The van der Waals surface area contributed by atoms with Crippen LogP contribution < -0.4 is 4.83 Å². The topological polar surface area (TPSA) is 58.5 Å². The fraction of sp³-hybridized carbons (Fsp3) is 0.154. The molecular formula is C13H13BrN2O2S2. The largest absolute Gasteiger partial charge is 0.276 e. The smallest absolute Gasteiger partial charge is 0.200 e. The SMILES string of the molecule is Cc1ccc(C)c(S(=O)(=O)N/N=C\c2cc(Br)cs2)c1. The van der Waals surface area contributed by atoms with Crippen LogP contribution in [0, 0.1) is 13.8 Å². The summed E-state index contributed by atoms with van der Waals surface area (Å²) in [5.74, 6) is 0. The number of aryl methyl sites for hydroxylation is 2. The van der Waals surface area contributed by atoms with Crippen molar-refractivity contribution < 1.29 is 8.42 Å². The van der Waals surface area contributed by atoms with Crippen molar-refractivity contribution in [1.82, 2.24) is 4.83 Å². The lowest BCUT2D eigenvalue weighted by atomic mass is 10.2. The molecule has 0 radical (unpaired) electrons. The molecule has 0 saturated heterocycles. The van der Waals surface area contributed by atoms with Crippen LogP contribution in [0.1, 0.15) is 16.0 Å². The van der Waals surface area contributed by atoms with Gasteiger partial charge in [-0.1, -0.05) is 12.1 Å². The molecule has 0 fully saturated rings. The minimum atomic E-state index is -3.63. The Morgan fingerprint density at radius 2 is 2.05 bits per heavy atom. The summed E-state index contributed by atoms with van der Waals surface area (Å²) < 4.78 is 25.3. The maximum absolute atomic E-state index is 12.2. The van der Waals surface area contributed by atoms with E-state index in [-0.39, 0.29) is 4.90 Å². The molecule has 0 saturated carbocycles. The van der Waals surface area contributed by atoms with Crippen molar-refractivity contribution in [1.29, 1.82) is 0 Å². The summed E-state index contributed by atoms with van der Waals surface area (Å²) in [6.07, 6.45) is 1.48. The molecule has 0 aliphatic carbocycles. The molecule has 0 unspecified atom stereocenters. The fourth-order valence-electron chi connectivity index (χ4n) is 1.60. The lowest BCUT2D eigenvalue weighted by Gasteiger charge is -2.07. The summed E-state index contributed by atoms with van der Waals surface area (Å²) in [7, 11) is -3.63. The molecule has 4 nitrogen and oxygen atoms in total. The van der Waals surface area contributed by atoms with Gasteiger partial charge in [0.25, 0.3) is 10.0 Å². The van der Waals surface area contributed by atoms with Gasteiger partial charge in [-0.2, -0.15) is 13.5 Å². The monoisotopic (exact) mass is 372 g/mol. The second kappa shape index (κ2) is 6.07. The molecule has 20 heavy (non-hydrogen) atoms. The maximum Gasteiger partial charge on any atom is 0.276 e. The first-order chi connectivity index (χ1) is 9.38. The molecule has 1 N–H and O–H groups in total. The molecule has 7 heteroatoms. The predicted molar refractivity (Wildman–Crippen MR) is 85.9 cm³/mol. The Hall–Kier alpha value is -1.18. The third-order valence-corrected chi connectivity index (χ3v) is 5.58. The zero-order valence-electron chi connectivity index (χ0n) is 10.9. The highest BCUT2D eigenvalue weighted by molar-refractivity contribution is 9.10. The number of hydrazone groups is 1. The Bertz CT molecular complexity index is 751. The van der Waals surface area contributed by atoms with E-state index in [1.807, 2.05) is 24.4 Å². The average Bonchev–Trinajstić information content (AvgIpc) is 2.78. The molecule has 1 heterocycles. The molecule has 0 atom stereocenters. The standard InChI is InChI=1S/C13H13BrN2O2S2/c1-9-3-4-10(2)13(5-9)20(17,18)16-15-7-12-6-11(14)8-19-12/h3-8,16H,1-2H3/b15-7-. The highest BCUT2D eigenvalue weighted by atomic mass is 79.9. The third-order valence-electron chi connectivity index (χ3n) is 2.59. The normalized spacial score (nSPS) is 11.9. The summed E-state index contributed by atoms with van der Waals surface area (Å²) in [5.41, 5.74) is 1.58. The van der Waals surface area contributed by atoms with E-state index < -0.39 is 10.0 Å². The Morgan fingerprint density at radius 3 is 2.70 bits per heavy atom. The van der Waals surface area contributed by atoms with Crippen LogP contribution in [0.2, 0.25) is 0 Å². The number of nitrogens with one attached hydrogen (secondary N) is 1. The van der Waals surface area contributed by atoms with Crippen LogP contribution in [0.3, 0.4) is 0 Å². The van der Waals surface area contributed by atoms with Crippen LogP contribution in [0.15, 0.2) is 44.1 Å². The van der Waals surface area contributed by atoms with Gasteiger partial charge in [-0.25, -0.2) is 4.83 Å². The molecule has 0 spiro atoms. The van der Waals surface area contributed by atoms with Gasteiger partial charge in [0.1, 0.15) is 0 Å². The number of thiophene rings is 1. The average molecular weight is 373 g/mol. The second-order valence-electron chi connectivity index (χ2n) is 4.29. The zero-order chi connectivity index (χ0) is 14.8. The number of sulfonamides is 1. The molecule has 0 bridgehead atoms. The van der Waals surface area contributed by atoms with E-state index in [0.29, 0.717) is 5.56 Å². The summed E-state index contributed by atoms with van der Waals surface area (Å²) >= 11 is 4.80. The Labute approximate surface area is 130 Å². The van der Waals surface area contributed by atoms with Crippen LogP contribution in [0.5, 0.6) is 0 Å². The number of hydrogen-bond acceptors (Lipinski definition) is 4. The van der Waals surface area contributed by atoms with Gasteiger partial charge in [-0.15, -0.1) is 11.3 Å². The molecule has 0 aliphatic rings. The van der Waals surface area contributed by atoms with E-state index in [1.54, 1.807) is 19.1 Å². The fourth-order valence-corrected chi connectivity index (χ4v) is 4.03. The Morgan fingerprint density at radius 1 is 1.30 bits per heavy atom. The quantitative estimate of drug-likeness (QED) is 0.659. The molecule has 1 aromatic carbocycles. The lowest BCUT2D eigenvalue weighted by molar-refractivity contribution is 0.584. The first-order valence-electron chi connectivity index (χ1n) is 5.74. The van der Waals surface area contributed by atoms with Crippen LogP contribution in [-0.4, -0.2) is 14.6 Å². The number of benzene rings is 1. The van der Waals surface area contributed by atoms with Gasteiger partial charge in [-0.3, -0.25) is 0 Å². The zero-order valence-corrected chi connectivity index (χ0v) is 14.1. The van der Waals surface area contributed by atoms with Crippen molar-refractivity contribution in [3.05, 3.63) is 50.1 Å². The predicted octanol–water partition coefficient (Wildman–Crippen LogP) is 3.44. The van der Waals surface area contributed by atoms with Crippen molar-refractivity contribution in [2.24, 2.45) is 5.10 Å². The first kappa shape index (κ1) is 15.2. The van der Waals surface area contributed by atoms with Crippen LogP contribution in [0.4, 0.5) is 0 Å². The van der Waals surface area contributed by atoms with E-state index in [9.17, 15) is 8.42 Å². The van der Waals surface area contributed by atoms with Crippen LogP contribution >= 0.6 is 27.3 Å². The van der Waals surface area contributed by atoms with Crippen molar-refractivity contribution in [3.8, 4) is 0 Å². The molecule has 1 aromatic heterocycles. The molecule has 2 aromatic rings. The van der Waals surface area contributed by atoms with E-state index >= 15 is 0 Å². The molecule has 2 rings (SSSR count). The van der Waals surface area contributed by atoms with E-state index in [4.69, 9.17) is 0 Å². The number of hydrogen-bond donors (Lipinski definition) is 1. The summed E-state index contributed by atoms with van der Waals surface area (Å²) in [6.45, 7) is 3.61. The molecule has 0 aliphatic heterocycles. The van der Waals surface area contributed by atoms with Gasteiger partial charge in [-0.05, 0) is 53.0 Å². The Kier molecular flexibility index (Phi) is 4.62. The number of nitrogens with zero attached hydrogens (tertiary/aromatic N) is 1. The van der Waals surface area contributed by atoms with E-state index in [2.05, 4.69) is 25.9 Å². The molecule has 0 amide bonds. The number of rotatable bonds is 4. The van der Waals surface area contributed by atoms with Gasteiger partial charge in [0.2, 0.25) is 0 Å². The molecular weight excluding hydrogens is 360 g/mol. The van der Waals surface area contributed by atoms with Gasteiger partial charge in [0, 0.05) is 14.7 Å². The van der Waals surface area contributed by atoms with Crippen molar-refractivity contribution in [2.75, 3.05) is 0 Å². The van der Waals surface area contributed by atoms with Crippen molar-refractivity contribution in [2.45, 2.75) is 18.7 Å². The van der Waals surface area contributed by atoms with Crippen LogP contribution in [-0.2, 0) is 10.0 Å². The maximum atomic E-state index is 12.2. The highest BCUT2D eigenvalue weighted by Gasteiger charge is 2.15. The Balaban J connectivity index is 2.19. The van der Waals surface area contributed by atoms with Crippen molar-refractivity contribution in [3.63, 3.8) is 0 Å². The summed E-state index contributed by atoms with van der Waals surface area (Å²) in [5, 5.41) is 5.70. The van der Waals surface area contributed by atoms with Gasteiger partial charge in [0.15, 0.2) is 0 Å². The highest BCUT2D eigenvalue weighted by Crippen LogP contribution is 2.18. The lowest BCUT2D eigenvalue weighted by Crippen LogP contribution is -2.19. The minimum Gasteiger partial charge on any atom is -0.200 e. The number of halogens is 1. The van der Waals surface area contributed by atoms with E-state index in [0.717, 1.165) is 14.9 Å². The van der Waals surface area contributed by atoms with Crippen molar-refractivity contribution >= 4 is 43.5 Å². The summed E-state index contributed by atoms with van der Waals surface area (Å²) in [6, 6.07) is 7.15. The first-order valence-corrected chi connectivity index (χ1v) is 8.90. The van der Waals surface area contributed by atoms with E-state index in [1.165, 1.54) is 17.6 Å². The second-order valence-corrected chi connectivity index (χ2v) is 7.78.